The van der Waals surface area contributed by atoms with Crippen molar-refractivity contribution in [3.05, 3.63) is 29.8 Å². The van der Waals surface area contributed by atoms with E-state index in [4.69, 9.17) is 9.73 Å². The van der Waals surface area contributed by atoms with Crippen molar-refractivity contribution in [2.75, 3.05) is 44.3 Å². The van der Waals surface area contributed by atoms with Crippen LogP contribution in [0, 0.1) is 17.0 Å². The zero-order valence-electron chi connectivity index (χ0n) is 15.9. The van der Waals surface area contributed by atoms with E-state index in [0.29, 0.717) is 19.6 Å². The molecule has 27 heavy (non-hydrogen) atoms. The number of nitrogens with one attached hydrogen (secondary N) is 2. The fourth-order valence-electron chi connectivity index (χ4n) is 3.49. The monoisotopic (exact) mass is 494 g/mol. The zero-order valence-corrected chi connectivity index (χ0v) is 18.3. The van der Waals surface area contributed by atoms with Gasteiger partial charge in [-0.05, 0) is 31.9 Å². The second-order valence-electron chi connectivity index (χ2n) is 7.45. The van der Waals surface area contributed by atoms with Gasteiger partial charge in [-0.15, -0.1) is 24.0 Å². The lowest BCUT2D eigenvalue weighted by Crippen LogP contribution is -2.45. The van der Waals surface area contributed by atoms with Crippen molar-refractivity contribution >= 4 is 35.6 Å². The molecule has 3 rings (SSSR count). The third-order valence-corrected chi connectivity index (χ3v) is 5.05. The van der Waals surface area contributed by atoms with Crippen molar-refractivity contribution in [3.63, 3.8) is 0 Å². The summed E-state index contributed by atoms with van der Waals surface area (Å²) in [5.41, 5.74) is 0.148. The predicted molar refractivity (Wildman–Crippen MR) is 115 cm³/mol. The molecule has 2 unspecified atom stereocenters. The van der Waals surface area contributed by atoms with E-state index in [1.165, 1.54) is 18.2 Å². The maximum Gasteiger partial charge on any atom is 0.191 e. The Bertz CT molecular complexity index is 632. The topological polar surface area (TPSA) is 48.9 Å². The number of hydrogen-bond donors (Lipinski definition) is 2. The Morgan fingerprint density at radius 2 is 2.11 bits per heavy atom. The van der Waals surface area contributed by atoms with Gasteiger partial charge >= 0.3 is 0 Å². The number of aliphatic imine (C=N–C) groups is 1. The number of halogens is 3. The molecule has 0 saturated carbocycles. The molecule has 2 saturated heterocycles. The minimum Gasteiger partial charge on any atom is -0.381 e. The van der Waals surface area contributed by atoms with E-state index in [-0.39, 0.29) is 41.1 Å². The van der Waals surface area contributed by atoms with Gasteiger partial charge in [0.05, 0.1) is 13.2 Å². The Kier molecular flexibility index (Phi) is 8.08. The maximum absolute atomic E-state index is 14.0. The smallest absolute Gasteiger partial charge is 0.191 e. The summed E-state index contributed by atoms with van der Waals surface area (Å²) in [6.07, 6.45) is 1.82. The summed E-state index contributed by atoms with van der Waals surface area (Å²) in [5.74, 6) is -0.276. The van der Waals surface area contributed by atoms with E-state index in [9.17, 15) is 8.78 Å². The van der Waals surface area contributed by atoms with Crippen LogP contribution in [-0.2, 0) is 4.74 Å². The highest BCUT2D eigenvalue weighted by molar-refractivity contribution is 14.0. The van der Waals surface area contributed by atoms with Gasteiger partial charge in [-0.25, -0.2) is 8.78 Å². The molecule has 0 aliphatic carbocycles. The number of para-hydroxylation sites is 1. The van der Waals surface area contributed by atoms with Gasteiger partial charge in [-0.1, -0.05) is 13.0 Å². The second kappa shape index (κ2) is 9.86. The molecule has 152 valence electrons. The van der Waals surface area contributed by atoms with Gasteiger partial charge in [0.2, 0.25) is 0 Å². The normalized spacial score (nSPS) is 25.4. The molecular formula is C19H29F2IN4O. The van der Waals surface area contributed by atoms with Crippen molar-refractivity contribution in [1.29, 1.82) is 0 Å². The van der Waals surface area contributed by atoms with Crippen molar-refractivity contribution in [3.8, 4) is 0 Å². The van der Waals surface area contributed by atoms with E-state index < -0.39 is 11.6 Å². The predicted octanol–water partition coefficient (Wildman–Crippen LogP) is 3.14. The first-order valence-corrected chi connectivity index (χ1v) is 9.32. The highest BCUT2D eigenvalue weighted by Crippen LogP contribution is 2.28. The van der Waals surface area contributed by atoms with E-state index in [1.807, 2.05) is 6.92 Å². The number of anilines is 1. The first-order valence-electron chi connectivity index (χ1n) is 9.32. The van der Waals surface area contributed by atoms with E-state index in [0.717, 1.165) is 38.6 Å². The molecule has 2 aliphatic heterocycles. The standard InChI is InChI=1S/C19H28F2N4O.HI/c1-3-22-18(23-12-19(2)8-10-26-13-19)24-14-7-9-25(11-14)17-15(20)5-4-6-16(17)21;/h4-6,14H,3,7-13H2,1-2H3,(H2,22,23,24);1H. The molecule has 1 aromatic carbocycles. The lowest BCUT2D eigenvalue weighted by Gasteiger charge is -2.23. The summed E-state index contributed by atoms with van der Waals surface area (Å²) in [4.78, 5) is 6.47. The Balaban J connectivity index is 0.00000261. The van der Waals surface area contributed by atoms with E-state index in [2.05, 4.69) is 17.6 Å². The molecule has 8 heteroatoms. The first kappa shape index (κ1) is 22.1. The molecule has 1 aromatic rings. The second-order valence-corrected chi connectivity index (χ2v) is 7.45. The van der Waals surface area contributed by atoms with Crippen LogP contribution in [0.1, 0.15) is 26.7 Å². The molecule has 2 aliphatic rings. The van der Waals surface area contributed by atoms with Crippen LogP contribution in [-0.4, -0.2) is 51.4 Å². The summed E-state index contributed by atoms with van der Waals surface area (Å²) >= 11 is 0. The van der Waals surface area contributed by atoms with Crippen LogP contribution >= 0.6 is 24.0 Å². The minimum atomic E-state index is -0.514. The highest BCUT2D eigenvalue weighted by atomic mass is 127. The average Bonchev–Trinajstić information content (AvgIpc) is 3.23. The molecule has 0 bridgehead atoms. The minimum absolute atomic E-state index is 0. The Morgan fingerprint density at radius 3 is 2.74 bits per heavy atom. The molecule has 2 heterocycles. The number of ether oxygens (including phenoxy) is 1. The Labute approximate surface area is 177 Å². The Morgan fingerprint density at radius 1 is 1.37 bits per heavy atom. The first-order chi connectivity index (χ1) is 12.5. The number of hydrogen-bond acceptors (Lipinski definition) is 3. The van der Waals surface area contributed by atoms with Gasteiger partial charge in [0.1, 0.15) is 17.3 Å². The van der Waals surface area contributed by atoms with Crippen LogP contribution in [0.5, 0.6) is 0 Å². The highest BCUT2D eigenvalue weighted by Gasteiger charge is 2.30. The molecular weight excluding hydrogens is 465 g/mol. The van der Waals surface area contributed by atoms with Crippen molar-refractivity contribution in [1.82, 2.24) is 10.6 Å². The average molecular weight is 494 g/mol. The summed E-state index contributed by atoms with van der Waals surface area (Å²) in [5, 5.41) is 6.67. The van der Waals surface area contributed by atoms with Crippen molar-refractivity contribution in [2.45, 2.75) is 32.7 Å². The van der Waals surface area contributed by atoms with Crippen LogP contribution in [0.15, 0.2) is 23.2 Å². The van der Waals surface area contributed by atoms with Crippen molar-refractivity contribution < 1.29 is 13.5 Å². The zero-order chi connectivity index (χ0) is 18.6. The van der Waals surface area contributed by atoms with Gasteiger partial charge in [-0.3, -0.25) is 4.99 Å². The summed E-state index contributed by atoms with van der Waals surface area (Å²) in [7, 11) is 0. The van der Waals surface area contributed by atoms with Crippen molar-refractivity contribution in [2.24, 2.45) is 10.4 Å². The number of benzene rings is 1. The van der Waals surface area contributed by atoms with Crippen LogP contribution in [0.25, 0.3) is 0 Å². The summed E-state index contributed by atoms with van der Waals surface area (Å²) < 4.78 is 33.5. The molecule has 2 atom stereocenters. The van der Waals surface area contributed by atoms with Crippen LogP contribution in [0.2, 0.25) is 0 Å². The van der Waals surface area contributed by atoms with Gasteiger partial charge in [0.25, 0.3) is 0 Å². The van der Waals surface area contributed by atoms with Crippen LogP contribution in [0.3, 0.4) is 0 Å². The molecule has 0 aromatic heterocycles. The van der Waals surface area contributed by atoms with E-state index in [1.54, 1.807) is 4.90 Å². The lowest BCUT2D eigenvalue weighted by molar-refractivity contribution is 0.163. The molecule has 5 nitrogen and oxygen atoms in total. The van der Waals surface area contributed by atoms with Crippen LogP contribution < -0.4 is 15.5 Å². The molecule has 0 radical (unpaired) electrons. The van der Waals surface area contributed by atoms with Gasteiger partial charge < -0.3 is 20.3 Å². The lowest BCUT2D eigenvalue weighted by atomic mass is 9.90. The number of rotatable bonds is 5. The third-order valence-electron chi connectivity index (χ3n) is 5.05. The van der Waals surface area contributed by atoms with Gasteiger partial charge in [0, 0.05) is 37.7 Å². The molecule has 0 spiro atoms. The third kappa shape index (κ3) is 5.66. The van der Waals surface area contributed by atoms with E-state index >= 15 is 0 Å². The van der Waals surface area contributed by atoms with Crippen LogP contribution in [0.4, 0.5) is 14.5 Å². The summed E-state index contributed by atoms with van der Waals surface area (Å²) in [6.45, 7) is 8.35. The maximum atomic E-state index is 14.0. The number of guanidine groups is 1. The fraction of sp³-hybridized carbons (Fsp3) is 0.632. The van der Waals surface area contributed by atoms with Gasteiger partial charge in [0.15, 0.2) is 5.96 Å². The molecule has 0 amide bonds. The number of nitrogens with zero attached hydrogens (tertiary/aromatic N) is 2. The fourth-order valence-corrected chi connectivity index (χ4v) is 3.49. The quantitative estimate of drug-likeness (QED) is 0.375. The SMILES string of the molecule is CCNC(=NCC1(C)CCOC1)NC1CCN(c2c(F)cccc2F)C1.I. The molecule has 2 fully saturated rings. The summed E-state index contributed by atoms with van der Waals surface area (Å²) in [6, 6.07) is 4.09. The van der Waals surface area contributed by atoms with Gasteiger partial charge in [-0.2, -0.15) is 0 Å². The molecule has 2 N–H and O–H groups in total. The largest absolute Gasteiger partial charge is 0.381 e. The Hall–Kier alpha value is -1.16.